The third-order valence-electron chi connectivity index (χ3n) is 5.88. The number of ether oxygens (including phenoxy) is 1. The van der Waals surface area contributed by atoms with Crippen LogP contribution in [-0.2, 0) is 9.53 Å². The SMILES string of the molecule is Cc1noc(C)c1NC(=O)N[C@@H]1CC[C@@H](CCNC(=O)C2CCCC2)O[C@H]1CO. The number of nitrogens with one attached hydrogen (secondary N) is 3. The van der Waals surface area contributed by atoms with E-state index in [2.05, 4.69) is 21.1 Å². The summed E-state index contributed by atoms with van der Waals surface area (Å²) in [5.74, 6) is 0.848. The number of anilines is 1. The predicted molar refractivity (Wildman–Crippen MR) is 106 cm³/mol. The van der Waals surface area contributed by atoms with Gasteiger partial charge in [0.2, 0.25) is 5.91 Å². The number of rotatable bonds is 7. The van der Waals surface area contributed by atoms with Gasteiger partial charge in [0.1, 0.15) is 17.5 Å². The third-order valence-corrected chi connectivity index (χ3v) is 5.88. The van der Waals surface area contributed by atoms with Crippen molar-refractivity contribution in [3.8, 4) is 0 Å². The molecule has 29 heavy (non-hydrogen) atoms. The van der Waals surface area contributed by atoms with Crippen LogP contribution in [0.2, 0.25) is 0 Å². The first-order valence-electron chi connectivity index (χ1n) is 10.5. The number of urea groups is 1. The highest BCUT2D eigenvalue weighted by Gasteiger charge is 2.32. The van der Waals surface area contributed by atoms with Crippen molar-refractivity contribution in [2.75, 3.05) is 18.5 Å². The van der Waals surface area contributed by atoms with Crippen LogP contribution in [0.1, 0.15) is 56.4 Å². The first kappa shape index (κ1) is 21.6. The quantitative estimate of drug-likeness (QED) is 0.547. The molecule has 3 amide bonds. The zero-order valence-electron chi connectivity index (χ0n) is 17.2. The molecule has 3 atom stereocenters. The van der Waals surface area contributed by atoms with Crippen molar-refractivity contribution in [1.82, 2.24) is 15.8 Å². The van der Waals surface area contributed by atoms with E-state index in [-0.39, 0.29) is 36.6 Å². The highest BCUT2D eigenvalue weighted by molar-refractivity contribution is 5.90. The molecule has 9 nitrogen and oxygen atoms in total. The molecule has 0 spiro atoms. The minimum atomic E-state index is -0.477. The molecule has 0 aromatic carbocycles. The van der Waals surface area contributed by atoms with Gasteiger partial charge in [0.05, 0.1) is 18.8 Å². The van der Waals surface area contributed by atoms with Gasteiger partial charge in [-0.2, -0.15) is 0 Å². The van der Waals surface area contributed by atoms with E-state index in [4.69, 9.17) is 9.26 Å². The van der Waals surface area contributed by atoms with E-state index in [1.807, 2.05) is 0 Å². The number of aromatic nitrogens is 1. The van der Waals surface area contributed by atoms with Crippen molar-refractivity contribution in [2.24, 2.45) is 5.92 Å². The summed E-state index contributed by atoms with van der Waals surface area (Å²) in [5, 5.41) is 22.1. The van der Waals surface area contributed by atoms with E-state index >= 15 is 0 Å². The minimum Gasteiger partial charge on any atom is -0.394 e. The molecule has 0 unspecified atom stereocenters. The van der Waals surface area contributed by atoms with Gasteiger partial charge in [0, 0.05) is 12.5 Å². The first-order valence-corrected chi connectivity index (χ1v) is 10.5. The minimum absolute atomic E-state index is 0.0419. The summed E-state index contributed by atoms with van der Waals surface area (Å²) in [5.41, 5.74) is 1.16. The van der Waals surface area contributed by atoms with Crippen molar-refractivity contribution in [2.45, 2.75) is 77.0 Å². The molecule has 1 saturated carbocycles. The molecule has 1 aliphatic heterocycles. The van der Waals surface area contributed by atoms with Crippen molar-refractivity contribution >= 4 is 17.6 Å². The average molecular weight is 408 g/mol. The van der Waals surface area contributed by atoms with Crippen LogP contribution in [0.25, 0.3) is 0 Å². The van der Waals surface area contributed by atoms with Gasteiger partial charge in [0.15, 0.2) is 5.76 Å². The molecule has 0 radical (unpaired) electrons. The average Bonchev–Trinajstić information content (AvgIpc) is 3.35. The molecule has 3 rings (SSSR count). The summed E-state index contributed by atoms with van der Waals surface area (Å²) >= 11 is 0. The molecule has 9 heteroatoms. The van der Waals surface area contributed by atoms with Crippen molar-refractivity contribution < 1.29 is 24.0 Å². The number of nitrogens with zero attached hydrogens (tertiary/aromatic N) is 1. The monoisotopic (exact) mass is 408 g/mol. The fraction of sp³-hybridized carbons (Fsp3) is 0.750. The molecule has 4 N–H and O–H groups in total. The maximum atomic E-state index is 12.3. The van der Waals surface area contributed by atoms with Crippen LogP contribution in [0.3, 0.4) is 0 Å². The second-order valence-corrected chi connectivity index (χ2v) is 8.02. The summed E-state index contributed by atoms with van der Waals surface area (Å²) in [4.78, 5) is 24.4. The zero-order valence-corrected chi connectivity index (χ0v) is 17.2. The Bertz CT molecular complexity index is 682. The summed E-state index contributed by atoms with van der Waals surface area (Å²) in [6.07, 6.45) is 5.89. The van der Waals surface area contributed by atoms with Gasteiger partial charge in [-0.3, -0.25) is 4.79 Å². The largest absolute Gasteiger partial charge is 0.394 e. The molecular weight excluding hydrogens is 376 g/mol. The highest BCUT2D eigenvalue weighted by Crippen LogP contribution is 2.25. The number of hydrogen-bond donors (Lipinski definition) is 4. The lowest BCUT2D eigenvalue weighted by molar-refractivity contribution is -0.125. The molecule has 1 aliphatic carbocycles. The zero-order chi connectivity index (χ0) is 20.8. The topological polar surface area (TPSA) is 126 Å². The number of aliphatic hydroxyl groups is 1. The standard InChI is InChI=1S/C20H32N4O5/c1-12-18(13(2)29-24-12)23-20(27)22-16-8-7-15(28-17(16)11-25)9-10-21-19(26)14-5-3-4-6-14/h14-17,25H,3-11H2,1-2H3,(H,21,26)(H2,22,23,27)/t15-,16+,17-/m0/s1. The van der Waals surface area contributed by atoms with Crippen LogP contribution in [0.15, 0.2) is 4.52 Å². The number of hydrogen-bond acceptors (Lipinski definition) is 6. The summed E-state index contributed by atoms with van der Waals surface area (Å²) in [6.45, 7) is 3.87. The van der Waals surface area contributed by atoms with Gasteiger partial charge >= 0.3 is 6.03 Å². The Hall–Kier alpha value is -2.13. The summed E-state index contributed by atoms with van der Waals surface area (Å²) < 4.78 is 11.0. The Balaban J connectivity index is 1.41. The maximum Gasteiger partial charge on any atom is 0.319 e. The summed E-state index contributed by atoms with van der Waals surface area (Å²) in [7, 11) is 0. The van der Waals surface area contributed by atoms with Gasteiger partial charge in [-0.15, -0.1) is 0 Å². The number of amides is 3. The van der Waals surface area contributed by atoms with E-state index in [1.165, 1.54) is 0 Å². The lowest BCUT2D eigenvalue weighted by Gasteiger charge is -2.36. The van der Waals surface area contributed by atoms with Crippen LogP contribution in [0, 0.1) is 19.8 Å². The molecule has 1 saturated heterocycles. The van der Waals surface area contributed by atoms with Gasteiger partial charge < -0.3 is 30.3 Å². The molecular formula is C20H32N4O5. The first-order chi connectivity index (χ1) is 14.0. The molecule has 2 fully saturated rings. The lowest BCUT2D eigenvalue weighted by Crippen LogP contribution is -2.52. The van der Waals surface area contributed by atoms with Crippen molar-refractivity contribution in [3.05, 3.63) is 11.5 Å². The van der Waals surface area contributed by atoms with Crippen LogP contribution >= 0.6 is 0 Å². The van der Waals surface area contributed by atoms with Crippen LogP contribution < -0.4 is 16.0 Å². The second-order valence-electron chi connectivity index (χ2n) is 8.02. The molecule has 2 aliphatic rings. The normalized spacial score (nSPS) is 25.0. The van der Waals surface area contributed by atoms with Crippen molar-refractivity contribution in [3.63, 3.8) is 0 Å². The third kappa shape index (κ3) is 5.70. The van der Waals surface area contributed by atoms with Gasteiger partial charge in [-0.25, -0.2) is 4.79 Å². The molecule has 1 aromatic rings. The Morgan fingerprint density at radius 1 is 1.17 bits per heavy atom. The Morgan fingerprint density at radius 3 is 2.59 bits per heavy atom. The number of aryl methyl sites for hydroxylation is 2. The van der Waals surface area contributed by atoms with E-state index in [9.17, 15) is 14.7 Å². The molecule has 162 valence electrons. The molecule has 2 heterocycles. The molecule has 0 bridgehead atoms. The van der Waals surface area contributed by atoms with Crippen LogP contribution in [-0.4, -0.2) is 53.6 Å². The highest BCUT2D eigenvalue weighted by atomic mass is 16.5. The van der Waals surface area contributed by atoms with E-state index < -0.39 is 6.10 Å². The summed E-state index contributed by atoms with van der Waals surface area (Å²) in [6, 6.07) is -0.668. The smallest absolute Gasteiger partial charge is 0.319 e. The lowest BCUT2D eigenvalue weighted by atomic mass is 9.97. The number of carbonyl (C=O) groups is 2. The van der Waals surface area contributed by atoms with Crippen LogP contribution in [0.4, 0.5) is 10.5 Å². The Labute approximate surface area is 170 Å². The number of aliphatic hydroxyl groups excluding tert-OH is 1. The van der Waals surface area contributed by atoms with E-state index in [1.54, 1.807) is 13.8 Å². The van der Waals surface area contributed by atoms with Gasteiger partial charge in [-0.1, -0.05) is 18.0 Å². The fourth-order valence-corrected chi connectivity index (χ4v) is 4.18. The van der Waals surface area contributed by atoms with E-state index in [0.717, 1.165) is 32.1 Å². The van der Waals surface area contributed by atoms with Gasteiger partial charge in [0.25, 0.3) is 0 Å². The second kappa shape index (κ2) is 10.1. The Morgan fingerprint density at radius 2 is 1.93 bits per heavy atom. The maximum absolute atomic E-state index is 12.3. The van der Waals surface area contributed by atoms with Crippen LogP contribution in [0.5, 0.6) is 0 Å². The Kier molecular flexibility index (Phi) is 7.49. The fourth-order valence-electron chi connectivity index (χ4n) is 4.18. The number of carbonyl (C=O) groups excluding carboxylic acids is 2. The van der Waals surface area contributed by atoms with E-state index in [0.29, 0.717) is 36.5 Å². The van der Waals surface area contributed by atoms with Crippen molar-refractivity contribution in [1.29, 1.82) is 0 Å². The molecule has 1 aromatic heterocycles. The predicted octanol–water partition coefficient (Wildman–Crippen LogP) is 2.02. The van der Waals surface area contributed by atoms with Gasteiger partial charge in [-0.05, 0) is 46.0 Å².